The summed E-state index contributed by atoms with van der Waals surface area (Å²) in [5.74, 6) is -1.70. The molecule has 3 aromatic carbocycles. The number of aryl methyl sites for hydroxylation is 2. The molecule has 0 radical (unpaired) electrons. The largest absolute Gasteiger partial charge is 0.416 e. The van der Waals surface area contributed by atoms with Crippen LogP contribution in [0.4, 0.5) is 40.8 Å². The van der Waals surface area contributed by atoms with Gasteiger partial charge in [-0.05, 0) is 87.5 Å². The Labute approximate surface area is 302 Å². The Kier molecular flexibility index (Phi) is 10.7. The molecule has 2 aliphatic heterocycles. The SMILES string of the molecule is CCc1cccc(CC)c1-n1nc2c(c1-c1cc(F)c(NC(O)NCN3CCCC3)cc1F)CN(Cc1ccc(C(F)(F)F)cc1C(F)(F)F)C2(C)C. The van der Waals surface area contributed by atoms with Gasteiger partial charge < -0.3 is 10.4 Å². The van der Waals surface area contributed by atoms with Gasteiger partial charge in [0.2, 0.25) is 0 Å². The number of likely N-dealkylation sites (tertiary alicyclic amines) is 1. The highest BCUT2D eigenvalue weighted by molar-refractivity contribution is 5.72. The van der Waals surface area contributed by atoms with Gasteiger partial charge in [0.15, 0.2) is 6.35 Å². The van der Waals surface area contributed by atoms with Crippen LogP contribution in [0.25, 0.3) is 16.9 Å². The number of hydrogen-bond donors (Lipinski definition) is 3. The number of anilines is 1. The summed E-state index contributed by atoms with van der Waals surface area (Å²) in [5.41, 5.74) is -1.24. The number of fused-ring (bicyclic) bond motifs is 1. The van der Waals surface area contributed by atoms with Crippen LogP contribution in [0.15, 0.2) is 48.5 Å². The highest BCUT2D eigenvalue weighted by atomic mass is 19.4. The van der Waals surface area contributed by atoms with Crippen LogP contribution in [0.1, 0.15) is 79.6 Å². The van der Waals surface area contributed by atoms with Gasteiger partial charge in [0.05, 0.1) is 46.1 Å². The number of aliphatic hydroxyl groups is 1. The minimum atomic E-state index is -5.07. The van der Waals surface area contributed by atoms with Gasteiger partial charge in [0, 0.05) is 30.3 Å². The van der Waals surface area contributed by atoms with E-state index in [0.29, 0.717) is 42.5 Å². The molecule has 0 aliphatic carbocycles. The van der Waals surface area contributed by atoms with Gasteiger partial charge in [0.25, 0.3) is 0 Å². The Bertz CT molecular complexity index is 1940. The zero-order chi connectivity index (χ0) is 38.5. The first-order valence-electron chi connectivity index (χ1n) is 17.6. The molecular formula is C38H42F8N6O. The van der Waals surface area contributed by atoms with Crippen molar-refractivity contribution in [2.75, 3.05) is 25.1 Å². The number of rotatable bonds is 11. The molecule has 0 bridgehead atoms. The lowest BCUT2D eigenvalue weighted by Crippen LogP contribution is -2.42. The molecule has 53 heavy (non-hydrogen) atoms. The number of nitrogens with zero attached hydrogens (tertiary/aromatic N) is 4. The van der Waals surface area contributed by atoms with Crippen molar-refractivity contribution < 1.29 is 40.2 Å². The Morgan fingerprint density at radius 2 is 1.53 bits per heavy atom. The second-order valence-corrected chi connectivity index (χ2v) is 14.0. The normalized spacial score (nSPS) is 17.1. The minimum Gasteiger partial charge on any atom is -0.361 e. The standard InChI is InChI=1S/C38H42F8N6O/c1-5-22-10-9-11-23(6-2)32(22)52-33(26-17-30(40)31(18-29(26)39)48-35(53)47-21-50-14-7-8-15-50)27-20-51(36(3,4)34(27)49-52)19-24-12-13-25(37(41,42)43)16-28(24)38(44,45)46/h9-13,16-18,35,47-48,53H,5-8,14-15,19-21H2,1-4H3. The fourth-order valence-electron chi connectivity index (χ4n) is 7.36. The van der Waals surface area contributed by atoms with Gasteiger partial charge in [-0.25, -0.2) is 13.5 Å². The predicted molar refractivity (Wildman–Crippen MR) is 185 cm³/mol. The second-order valence-electron chi connectivity index (χ2n) is 14.0. The molecule has 0 amide bonds. The number of alkyl halides is 6. The van der Waals surface area contributed by atoms with Crippen molar-refractivity contribution in [2.45, 2.75) is 90.7 Å². The van der Waals surface area contributed by atoms with Crippen LogP contribution >= 0.6 is 0 Å². The lowest BCUT2D eigenvalue weighted by molar-refractivity contribution is -0.143. The quantitative estimate of drug-likeness (QED) is 0.106. The zero-order valence-corrected chi connectivity index (χ0v) is 29.8. The van der Waals surface area contributed by atoms with E-state index in [1.165, 1.54) is 0 Å². The molecule has 15 heteroatoms. The third kappa shape index (κ3) is 7.66. The fraction of sp³-hybridized carbons (Fsp3) is 0.447. The Hall–Kier alpha value is -4.05. The number of nitrogens with one attached hydrogen (secondary N) is 2. The molecule has 1 atom stereocenters. The average Bonchev–Trinajstić information content (AvgIpc) is 3.81. The van der Waals surface area contributed by atoms with Crippen LogP contribution in [0.3, 0.4) is 0 Å². The first-order chi connectivity index (χ1) is 24.9. The molecule has 1 fully saturated rings. The summed E-state index contributed by atoms with van der Waals surface area (Å²) in [7, 11) is 0. The number of aromatic nitrogens is 2. The molecule has 0 saturated carbocycles. The predicted octanol–water partition coefficient (Wildman–Crippen LogP) is 8.56. The van der Waals surface area contributed by atoms with Crippen LogP contribution in [0.2, 0.25) is 0 Å². The Morgan fingerprint density at radius 1 is 0.868 bits per heavy atom. The zero-order valence-electron chi connectivity index (χ0n) is 29.8. The van der Waals surface area contributed by atoms with E-state index in [2.05, 4.69) is 15.5 Å². The van der Waals surface area contributed by atoms with Crippen molar-refractivity contribution >= 4 is 5.69 Å². The maximum atomic E-state index is 16.4. The molecule has 2 aliphatic rings. The van der Waals surface area contributed by atoms with Crippen LogP contribution in [0.5, 0.6) is 0 Å². The summed E-state index contributed by atoms with van der Waals surface area (Å²) in [5, 5.41) is 20.9. The van der Waals surface area contributed by atoms with E-state index in [9.17, 15) is 31.4 Å². The van der Waals surface area contributed by atoms with Crippen LogP contribution in [0, 0.1) is 11.6 Å². The summed E-state index contributed by atoms with van der Waals surface area (Å²) in [4.78, 5) is 3.72. The first-order valence-corrected chi connectivity index (χ1v) is 17.6. The second kappa shape index (κ2) is 14.6. The van der Waals surface area contributed by atoms with Crippen molar-refractivity contribution in [3.63, 3.8) is 0 Å². The number of aliphatic hydroxyl groups excluding tert-OH is 1. The van der Waals surface area contributed by atoms with Gasteiger partial charge in [-0.15, -0.1) is 0 Å². The molecule has 3 heterocycles. The molecule has 7 nitrogen and oxygen atoms in total. The smallest absolute Gasteiger partial charge is 0.361 e. The summed E-state index contributed by atoms with van der Waals surface area (Å²) in [6.07, 6.45) is -8.18. The maximum absolute atomic E-state index is 16.4. The van der Waals surface area contributed by atoms with Crippen molar-refractivity contribution in [1.29, 1.82) is 0 Å². The highest BCUT2D eigenvalue weighted by Crippen LogP contribution is 2.47. The van der Waals surface area contributed by atoms with Crippen molar-refractivity contribution in [3.8, 4) is 16.9 Å². The summed E-state index contributed by atoms with van der Waals surface area (Å²) >= 11 is 0. The minimum absolute atomic E-state index is 0.0636. The van der Waals surface area contributed by atoms with E-state index < -0.39 is 53.5 Å². The maximum Gasteiger partial charge on any atom is 0.416 e. The molecular weight excluding hydrogens is 708 g/mol. The average molecular weight is 751 g/mol. The molecule has 1 unspecified atom stereocenters. The van der Waals surface area contributed by atoms with Gasteiger partial charge >= 0.3 is 12.4 Å². The molecule has 0 spiro atoms. The number of halogens is 8. The third-order valence-corrected chi connectivity index (χ3v) is 10.3. The van der Waals surface area contributed by atoms with Crippen molar-refractivity contribution in [3.05, 3.63) is 99.2 Å². The van der Waals surface area contributed by atoms with E-state index in [1.54, 1.807) is 23.4 Å². The van der Waals surface area contributed by atoms with Crippen molar-refractivity contribution in [2.24, 2.45) is 0 Å². The molecule has 4 aromatic rings. The molecule has 6 rings (SSSR count). The topological polar surface area (TPSA) is 68.6 Å². The van der Waals surface area contributed by atoms with Crippen LogP contribution in [-0.4, -0.2) is 50.8 Å². The lowest BCUT2D eigenvalue weighted by atomic mass is 9.97. The molecule has 1 saturated heterocycles. The number of benzene rings is 3. The lowest BCUT2D eigenvalue weighted by Gasteiger charge is -2.33. The fourth-order valence-corrected chi connectivity index (χ4v) is 7.36. The van der Waals surface area contributed by atoms with Crippen LogP contribution in [-0.2, 0) is 43.8 Å². The van der Waals surface area contributed by atoms with E-state index in [1.807, 2.05) is 32.0 Å². The van der Waals surface area contributed by atoms with Gasteiger partial charge in [-0.3, -0.25) is 15.1 Å². The van der Waals surface area contributed by atoms with Crippen LogP contribution < -0.4 is 10.6 Å². The van der Waals surface area contributed by atoms with Gasteiger partial charge in [-0.2, -0.15) is 31.4 Å². The van der Waals surface area contributed by atoms with E-state index in [-0.39, 0.29) is 35.1 Å². The Morgan fingerprint density at radius 3 is 2.13 bits per heavy atom. The summed E-state index contributed by atoms with van der Waals surface area (Å²) in [6.45, 7) is 8.96. The first kappa shape index (κ1) is 38.7. The van der Waals surface area contributed by atoms with E-state index in [0.717, 1.165) is 55.3 Å². The van der Waals surface area contributed by atoms with Gasteiger partial charge in [-0.1, -0.05) is 38.1 Å². The van der Waals surface area contributed by atoms with E-state index in [4.69, 9.17) is 5.10 Å². The Balaban J connectivity index is 1.43. The summed E-state index contributed by atoms with van der Waals surface area (Å²) < 4.78 is 117. The molecule has 3 N–H and O–H groups in total. The van der Waals surface area contributed by atoms with Gasteiger partial charge in [0.1, 0.15) is 11.6 Å². The van der Waals surface area contributed by atoms with Crippen molar-refractivity contribution in [1.82, 2.24) is 24.9 Å². The molecule has 286 valence electrons. The van der Waals surface area contributed by atoms with E-state index >= 15 is 8.78 Å². The number of hydrogen-bond acceptors (Lipinski definition) is 6. The summed E-state index contributed by atoms with van der Waals surface area (Å²) in [6, 6.07) is 9.24. The third-order valence-electron chi connectivity index (χ3n) is 10.3. The monoisotopic (exact) mass is 750 g/mol. The highest BCUT2D eigenvalue weighted by Gasteiger charge is 2.45. The molecule has 1 aromatic heterocycles. The number of para-hydroxylation sites is 1.